The van der Waals surface area contributed by atoms with Crippen LogP contribution in [0, 0.1) is 11.8 Å². The van der Waals surface area contributed by atoms with Crippen LogP contribution < -0.4 is 10.4 Å². The van der Waals surface area contributed by atoms with Gasteiger partial charge in [0.25, 0.3) is 0 Å². The monoisotopic (exact) mass is 302 g/mol. The van der Waals surface area contributed by atoms with E-state index in [2.05, 4.69) is 17.4 Å². The molecule has 1 amide bonds. The highest BCUT2D eigenvalue weighted by atomic mass is 16.4. The minimum absolute atomic E-state index is 0.0389. The van der Waals surface area contributed by atoms with E-state index in [0.717, 1.165) is 25.7 Å². The van der Waals surface area contributed by atoms with E-state index in [9.17, 15) is 14.7 Å². The van der Waals surface area contributed by atoms with Gasteiger partial charge in [-0.05, 0) is 38.2 Å². The molecule has 0 heterocycles. The first kappa shape index (κ1) is 16.5. The summed E-state index contributed by atoms with van der Waals surface area (Å²) < 4.78 is 0. The van der Waals surface area contributed by atoms with Gasteiger partial charge in [-0.2, -0.15) is 0 Å². The van der Waals surface area contributed by atoms with E-state index in [4.69, 9.17) is 0 Å². The molecule has 0 bridgehead atoms. The van der Waals surface area contributed by atoms with Crippen LogP contribution in [0.4, 0.5) is 0 Å². The van der Waals surface area contributed by atoms with E-state index < -0.39 is 17.8 Å². The van der Waals surface area contributed by atoms with Crippen molar-refractivity contribution in [2.24, 2.45) is 11.8 Å². The summed E-state index contributed by atoms with van der Waals surface area (Å²) in [5.74, 6) is -2.28. The van der Waals surface area contributed by atoms with Crippen LogP contribution in [-0.2, 0) is 16.0 Å². The molecule has 0 radical (unpaired) electrons. The van der Waals surface area contributed by atoms with Gasteiger partial charge in [-0.3, -0.25) is 4.79 Å². The van der Waals surface area contributed by atoms with E-state index in [-0.39, 0.29) is 11.9 Å². The Morgan fingerprint density at radius 2 is 1.82 bits per heavy atom. The molecular weight excluding hydrogens is 278 g/mol. The molecule has 0 aromatic heterocycles. The number of aryl methyl sites for hydroxylation is 1. The summed E-state index contributed by atoms with van der Waals surface area (Å²) in [6.45, 7) is 1.97. The number of hydrogen-bond acceptors (Lipinski definition) is 3. The highest BCUT2D eigenvalue weighted by Gasteiger charge is 2.32. The van der Waals surface area contributed by atoms with Gasteiger partial charge >= 0.3 is 0 Å². The number of carboxylic acids is 1. The molecule has 0 aliphatic heterocycles. The van der Waals surface area contributed by atoms with Crippen LogP contribution >= 0.6 is 0 Å². The van der Waals surface area contributed by atoms with Crippen molar-refractivity contribution in [3.8, 4) is 0 Å². The summed E-state index contributed by atoms with van der Waals surface area (Å²) in [6.07, 6.45) is 4.73. The second-order valence-electron chi connectivity index (χ2n) is 6.25. The number of benzene rings is 1. The summed E-state index contributed by atoms with van der Waals surface area (Å²) in [4.78, 5) is 23.5. The fourth-order valence-electron chi connectivity index (χ4n) is 3.18. The van der Waals surface area contributed by atoms with Crippen molar-refractivity contribution in [3.63, 3.8) is 0 Å². The van der Waals surface area contributed by atoms with Gasteiger partial charge in [0.05, 0.1) is 0 Å². The fraction of sp³-hybridized carbons (Fsp3) is 0.556. The third kappa shape index (κ3) is 4.58. The largest absolute Gasteiger partial charge is 0.550 e. The zero-order chi connectivity index (χ0) is 15.9. The number of rotatable bonds is 6. The number of carbonyl (C=O) groups is 2. The van der Waals surface area contributed by atoms with Crippen molar-refractivity contribution in [1.82, 2.24) is 5.32 Å². The predicted octanol–water partition coefficient (Wildman–Crippen LogP) is 1.68. The Morgan fingerprint density at radius 1 is 1.18 bits per heavy atom. The first-order valence-corrected chi connectivity index (χ1v) is 8.13. The first-order valence-electron chi connectivity index (χ1n) is 8.13. The second kappa shape index (κ2) is 7.97. The Bertz CT molecular complexity index is 500. The van der Waals surface area contributed by atoms with E-state index in [1.54, 1.807) is 0 Å². The number of carbonyl (C=O) groups excluding carboxylic acids is 2. The lowest BCUT2D eigenvalue weighted by atomic mass is 9.78. The number of amides is 1. The van der Waals surface area contributed by atoms with Crippen LogP contribution in [0.15, 0.2) is 30.3 Å². The number of nitrogens with one attached hydrogen (secondary N) is 1. The Hall–Kier alpha value is -1.84. The lowest BCUT2D eigenvalue weighted by Crippen LogP contribution is -2.46. The Labute approximate surface area is 131 Å². The maximum atomic E-state index is 12.3. The van der Waals surface area contributed by atoms with Crippen LogP contribution in [-0.4, -0.2) is 17.9 Å². The van der Waals surface area contributed by atoms with E-state index in [1.165, 1.54) is 5.56 Å². The molecule has 1 aromatic rings. The molecule has 1 aliphatic rings. The molecule has 0 spiro atoms. The summed E-state index contributed by atoms with van der Waals surface area (Å²) >= 11 is 0. The smallest absolute Gasteiger partial charge is 0.223 e. The summed E-state index contributed by atoms with van der Waals surface area (Å²) in [5.41, 5.74) is 1.24. The summed E-state index contributed by atoms with van der Waals surface area (Å²) in [5, 5.41) is 14.1. The number of aliphatic carboxylic acids is 1. The van der Waals surface area contributed by atoms with E-state index in [1.807, 2.05) is 25.1 Å². The van der Waals surface area contributed by atoms with Crippen LogP contribution in [0.1, 0.15) is 44.6 Å². The lowest BCUT2D eigenvalue weighted by Gasteiger charge is -2.32. The predicted molar refractivity (Wildman–Crippen MR) is 82.8 cm³/mol. The van der Waals surface area contributed by atoms with Crippen molar-refractivity contribution in [1.29, 1.82) is 0 Å². The third-order valence-electron chi connectivity index (χ3n) is 4.50. The summed E-state index contributed by atoms with van der Waals surface area (Å²) in [7, 11) is 0. The molecule has 1 fully saturated rings. The molecule has 4 nitrogen and oxygen atoms in total. The molecular formula is C18H24NO3-. The highest BCUT2D eigenvalue weighted by Crippen LogP contribution is 2.30. The molecule has 1 N–H and O–H groups in total. The van der Waals surface area contributed by atoms with Crippen molar-refractivity contribution < 1.29 is 14.7 Å². The molecule has 1 aromatic carbocycles. The molecule has 1 saturated carbocycles. The zero-order valence-electron chi connectivity index (χ0n) is 13.1. The van der Waals surface area contributed by atoms with Crippen LogP contribution in [0.25, 0.3) is 0 Å². The third-order valence-corrected chi connectivity index (χ3v) is 4.50. The van der Waals surface area contributed by atoms with Crippen molar-refractivity contribution in [2.75, 3.05) is 0 Å². The minimum Gasteiger partial charge on any atom is -0.550 e. The van der Waals surface area contributed by atoms with Gasteiger partial charge in [0.15, 0.2) is 0 Å². The first-order chi connectivity index (χ1) is 10.6. The number of hydrogen-bond donors (Lipinski definition) is 1. The van der Waals surface area contributed by atoms with Crippen molar-refractivity contribution in [3.05, 3.63) is 35.9 Å². The molecule has 1 aliphatic carbocycles. The van der Waals surface area contributed by atoms with Crippen molar-refractivity contribution in [2.45, 2.75) is 51.5 Å². The van der Waals surface area contributed by atoms with Crippen LogP contribution in [0.5, 0.6) is 0 Å². The minimum atomic E-state index is -1.09. The zero-order valence-corrected chi connectivity index (χ0v) is 13.1. The summed E-state index contributed by atoms with van der Waals surface area (Å²) in [6, 6.07) is 10.2. The van der Waals surface area contributed by atoms with E-state index in [0.29, 0.717) is 12.8 Å². The molecule has 0 unspecified atom stereocenters. The van der Waals surface area contributed by atoms with Crippen LogP contribution in [0.2, 0.25) is 0 Å². The average Bonchev–Trinajstić information content (AvgIpc) is 2.54. The quantitative estimate of drug-likeness (QED) is 0.869. The number of carboxylic acid groups (broad SMARTS) is 1. The molecule has 120 valence electrons. The van der Waals surface area contributed by atoms with Gasteiger partial charge < -0.3 is 15.2 Å². The molecule has 0 saturated heterocycles. The molecule has 22 heavy (non-hydrogen) atoms. The van der Waals surface area contributed by atoms with Gasteiger partial charge in [0.1, 0.15) is 0 Å². The van der Waals surface area contributed by atoms with Crippen molar-refractivity contribution >= 4 is 11.9 Å². The van der Waals surface area contributed by atoms with Gasteiger partial charge in [0.2, 0.25) is 5.91 Å². The topological polar surface area (TPSA) is 69.2 Å². The average molecular weight is 302 g/mol. The Morgan fingerprint density at radius 3 is 2.45 bits per heavy atom. The second-order valence-corrected chi connectivity index (χ2v) is 6.25. The maximum Gasteiger partial charge on any atom is 0.223 e. The Balaban J connectivity index is 1.83. The molecule has 4 heteroatoms. The molecule has 2 rings (SSSR count). The van der Waals surface area contributed by atoms with Gasteiger partial charge in [-0.1, -0.05) is 43.2 Å². The van der Waals surface area contributed by atoms with Gasteiger partial charge in [-0.25, -0.2) is 0 Å². The Kier molecular flexibility index (Phi) is 5.99. The maximum absolute atomic E-state index is 12.3. The highest BCUT2D eigenvalue weighted by molar-refractivity contribution is 5.84. The van der Waals surface area contributed by atoms with E-state index >= 15 is 0 Å². The SMILES string of the molecule is C[C@@H](CCc1ccccc1)NC(=O)[C@H]1CCCC[C@@H]1C(=O)[O-]. The van der Waals surface area contributed by atoms with Gasteiger partial charge in [-0.15, -0.1) is 0 Å². The lowest BCUT2D eigenvalue weighted by molar-refractivity contribution is -0.314. The molecule has 3 atom stereocenters. The van der Waals surface area contributed by atoms with Gasteiger partial charge in [0, 0.05) is 23.8 Å². The normalized spacial score (nSPS) is 22.8. The van der Waals surface area contributed by atoms with Crippen LogP contribution in [0.3, 0.4) is 0 Å². The fourth-order valence-corrected chi connectivity index (χ4v) is 3.18. The standard InChI is InChI=1S/C18H25NO3/c1-13(11-12-14-7-3-2-4-8-14)19-17(20)15-9-5-6-10-16(15)18(21)22/h2-4,7-8,13,15-16H,5-6,9-12H2,1H3,(H,19,20)(H,21,22)/p-1/t13-,15-,16-/m0/s1.